The van der Waals surface area contributed by atoms with Gasteiger partial charge in [-0.2, -0.15) is 5.10 Å². The van der Waals surface area contributed by atoms with Crippen molar-refractivity contribution in [2.75, 3.05) is 7.11 Å². The molecule has 0 radical (unpaired) electrons. The van der Waals surface area contributed by atoms with Crippen LogP contribution < -0.4 is 10.2 Å². The number of nitrogens with zero attached hydrogens (tertiary/aromatic N) is 2. The van der Waals surface area contributed by atoms with Crippen LogP contribution in [0.3, 0.4) is 0 Å². The first-order valence-electron chi connectivity index (χ1n) is 9.27. The first-order chi connectivity index (χ1) is 14.6. The maximum Gasteiger partial charge on any atom is 0.272 e. The number of carbonyl (C=O) groups excluding carboxylic acids is 1. The van der Waals surface area contributed by atoms with Crippen molar-refractivity contribution in [3.05, 3.63) is 95.0 Å². The molecule has 0 saturated heterocycles. The third kappa shape index (κ3) is 4.31. The Hall–Kier alpha value is -3.70. The lowest BCUT2D eigenvalue weighted by molar-refractivity contribution is 0.0956. The van der Waals surface area contributed by atoms with Crippen molar-refractivity contribution in [1.82, 2.24) is 10.4 Å². The fraction of sp³-hybridized carbons (Fsp3) is 0.0417. The maximum absolute atomic E-state index is 12.9. The molecule has 0 aliphatic carbocycles. The Labute approximate surface area is 179 Å². The SMILES string of the molecule is COc1ccc(C=NNC(=O)c2cc(-c3ccc(Cl)cc3)nc3ccccc23)cc1. The van der Waals surface area contributed by atoms with Crippen molar-refractivity contribution in [2.45, 2.75) is 0 Å². The molecule has 0 saturated carbocycles. The van der Waals surface area contributed by atoms with Crippen LogP contribution in [0.1, 0.15) is 15.9 Å². The molecule has 0 fully saturated rings. The molecule has 5 nitrogen and oxygen atoms in total. The zero-order chi connectivity index (χ0) is 20.9. The number of nitrogens with one attached hydrogen (secondary N) is 1. The predicted molar refractivity (Wildman–Crippen MR) is 120 cm³/mol. The van der Waals surface area contributed by atoms with E-state index in [2.05, 4.69) is 15.5 Å². The summed E-state index contributed by atoms with van der Waals surface area (Å²) in [7, 11) is 1.61. The number of rotatable bonds is 5. The number of pyridine rings is 1. The summed E-state index contributed by atoms with van der Waals surface area (Å²) in [4.78, 5) is 17.6. The van der Waals surface area contributed by atoms with Gasteiger partial charge in [-0.1, -0.05) is 41.9 Å². The fourth-order valence-corrected chi connectivity index (χ4v) is 3.17. The number of hydrazone groups is 1. The van der Waals surface area contributed by atoms with Crippen LogP contribution in [-0.2, 0) is 0 Å². The molecule has 0 aliphatic heterocycles. The molecule has 30 heavy (non-hydrogen) atoms. The summed E-state index contributed by atoms with van der Waals surface area (Å²) in [5, 5.41) is 5.49. The molecule has 1 heterocycles. The highest BCUT2D eigenvalue weighted by Crippen LogP contribution is 2.26. The molecule has 0 spiro atoms. The van der Waals surface area contributed by atoms with Gasteiger partial charge < -0.3 is 4.74 Å². The monoisotopic (exact) mass is 415 g/mol. The Kier molecular flexibility index (Phi) is 5.72. The number of benzene rings is 3. The van der Waals surface area contributed by atoms with Crippen molar-refractivity contribution in [1.29, 1.82) is 0 Å². The molecule has 0 atom stereocenters. The number of hydrogen-bond acceptors (Lipinski definition) is 4. The standard InChI is InChI=1S/C24H18ClN3O2/c1-30-19-12-6-16(7-13-19)15-26-28-24(29)21-14-23(17-8-10-18(25)11-9-17)27-22-5-3-2-4-20(21)22/h2-15H,1H3,(H,28,29). The highest BCUT2D eigenvalue weighted by molar-refractivity contribution is 6.30. The molecule has 0 aliphatic rings. The summed E-state index contributed by atoms with van der Waals surface area (Å²) < 4.78 is 5.14. The van der Waals surface area contributed by atoms with Gasteiger partial charge in [0.2, 0.25) is 0 Å². The fourth-order valence-electron chi connectivity index (χ4n) is 3.05. The Bertz CT molecular complexity index is 1220. The number of methoxy groups -OCH3 is 1. The number of ether oxygens (including phenoxy) is 1. The second-order valence-corrected chi connectivity index (χ2v) is 6.99. The van der Waals surface area contributed by atoms with Crippen molar-refractivity contribution in [2.24, 2.45) is 5.10 Å². The van der Waals surface area contributed by atoms with Crippen LogP contribution >= 0.6 is 11.6 Å². The number of para-hydroxylation sites is 1. The molecule has 0 bridgehead atoms. The number of aromatic nitrogens is 1. The molecule has 4 rings (SSSR count). The minimum Gasteiger partial charge on any atom is -0.497 e. The second-order valence-electron chi connectivity index (χ2n) is 6.55. The molecule has 0 unspecified atom stereocenters. The number of amides is 1. The largest absolute Gasteiger partial charge is 0.497 e. The van der Waals surface area contributed by atoms with Gasteiger partial charge in [0.05, 0.1) is 30.1 Å². The lowest BCUT2D eigenvalue weighted by Gasteiger charge is -2.09. The van der Waals surface area contributed by atoms with E-state index < -0.39 is 0 Å². The first kappa shape index (κ1) is 19.6. The third-order valence-corrected chi connectivity index (χ3v) is 4.85. The Morgan fingerprint density at radius 2 is 1.77 bits per heavy atom. The van der Waals surface area contributed by atoms with Gasteiger partial charge in [0.25, 0.3) is 5.91 Å². The summed E-state index contributed by atoms with van der Waals surface area (Å²) in [5.41, 5.74) is 6.25. The average molecular weight is 416 g/mol. The van der Waals surface area contributed by atoms with Crippen molar-refractivity contribution < 1.29 is 9.53 Å². The van der Waals surface area contributed by atoms with Gasteiger partial charge in [0, 0.05) is 16.0 Å². The minimum atomic E-state index is -0.312. The van der Waals surface area contributed by atoms with Gasteiger partial charge in [-0.25, -0.2) is 10.4 Å². The van der Waals surface area contributed by atoms with Gasteiger partial charge in [0.1, 0.15) is 5.75 Å². The van der Waals surface area contributed by atoms with Crippen LogP contribution in [-0.4, -0.2) is 24.2 Å². The Morgan fingerprint density at radius 1 is 1.03 bits per heavy atom. The highest BCUT2D eigenvalue weighted by atomic mass is 35.5. The molecule has 3 aromatic carbocycles. The Balaban J connectivity index is 1.63. The van der Waals surface area contributed by atoms with Crippen molar-refractivity contribution >= 4 is 34.6 Å². The third-order valence-electron chi connectivity index (χ3n) is 4.60. The molecule has 4 aromatic rings. The van der Waals surface area contributed by atoms with Gasteiger partial charge >= 0.3 is 0 Å². The smallest absolute Gasteiger partial charge is 0.272 e. The van der Waals surface area contributed by atoms with Crippen LogP contribution in [0.5, 0.6) is 5.75 Å². The van der Waals surface area contributed by atoms with Crippen LogP contribution in [0.15, 0.2) is 84.0 Å². The minimum absolute atomic E-state index is 0.312. The van der Waals surface area contributed by atoms with Gasteiger partial charge in [-0.3, -0.25) is 4.79 Å². The summed E-state index contributed by atoms with van der Waals surface area (Å²) in [5.74, 6) is 0.447. The Morgan fingerprint density at radius 3 is 2.50 bits per heavy atom. The van der Waals surface area contributed by atoms with E-state index in [-0.39, 0.29) is 5.91 Å². The van der Waals surface area contributed by atoms with Crippen LogP contribution in [0.25, 0.3) is 22.2 Å². The second kappa shape index (κ2) is 8.76. The zero-order valence-electron chi connectivity index (χ0n) is 16.2. The number of hydrogen-bond donors (Lipinski definition) is 1. The van der Waals surface area contributed by atoms with E-state index in [1.165, 1.54) is 0 Å². The van der Waals surface area contributed by atoms with E-state index in [1.807, 2.05) is 60.7 Å². The zero-order valence-corrected chi connectivity index (χ0v) is 16.9. The lowest BCUT2D eigenvalue weighted by Crippen LogP contribution is -2.18. The van der Waals surface area contributed by atoms with E-state index in [9.17, 15) is 4.79 Å². The molecule has 1 N–H and O–H groups in total. The predicted octanol–water partition coefficient (Wildman–Crippen LogP) is 5.33. The number of halogens is 1. The van der Waals surface area contributed by atoms with Crippen LogP contribution in [0.2, 0.25) is 5.02 Å². The number of fused-ring (bicyclic) bond motifs is 1. The van der Waals surface area contributed by atoms with E-state index in [4.69, 9.17) is 16.3 Å². The molecular weight excluding hydrogens is 398 g/mol. The quantitative estimate of drug-likeness (QED) is 0.354. The topological polar surface area (TPSA) is 63.6 Å². The van der Waals surface area contributed by atoms with Gasteiger partial charge in [-0.05, 0) is 54.1 Å². The summed E-state index contributed by atoms with van der Waals surface area (Å²) in [6.07, 6.45) is 1.58. The molecule has 1 aromatic heterocycles. The normalized spacial score (nSPS) is 11.0. The molecular formula is C24H18ClN3O2. The van der Waals surface area contributed by atoms with Crippen LogP contribution in [0, 0.1) is 0 Å². The number of carbonyl (C=O) groups is 1. The van der Waals surface area contributed by atoms with E-state index >= 15 is 0 Å². The molecule has 1 amide bonds. The van der Waals surface area contributed by atoms with Crippen molar-refractivity contribution in [3.8, 4) is 17.0 Å². The van der Waals surface area contributed by atoms with Gasteiger partial charge in [-0.15, -0.1) is 0 Å². The average Bonchev–Trinajstić information content (AvgIpc) is 2.79. The maximum atomic E-state index is 12.9. The van der Waals surface area contributed by atoms with Gasteiger partial charge in [0.15, 0.2) is 0 Å². The summed E-state index contributed by atoms with van der Waals surface area (Å²) in [6.45, 7) is 0. The van der Waals surface area contributed by atoms with E-state index in [0.29, 0.717) is 16.3 Å². The highest BCUT2D eigenvalue weighted by Gasteiger charge is 2.13. The molecule has 148 valence electrons. The summed E-state index contributed by atoms with van der Waals surface area (Å²) >= 11 is 5.99. The van der Waals surface area contributed by atoms with Crippen molar-refractivity contribution in [3.63, 3.8) is 0 Å². The van der Waals surface area contributed by atoms with E-state index in [1.54, 1.807) is 31.5 Å². The first-order valence-corrected chi connectivity index (χ1v) is 9.65. The molecule has 6 heteroatoms. The summed E-state index contributed by atoms with van der Waals surface area (Å²) in [6, 6.07) is 24.0. The van der Waals surface area contributed by atoms with Crippen LogP contribution in [0.4, 0.5) is 0 Å². The van der Waals surface area contributed by atoms with E-state index in [0.717, 1.165) is 27.8 Å². The lowest BCUT2D eigenvalue weighted by atomic mass is 10.0.